The number of halogens is 1. The molecule has 3 rings (SSSR count). The molecule has 0 saturated carbocycles. The molecule has 3 aromatic rings. The van der Waals surface area contributed by atoms with Crippen LogP contribution in [-0.2, 0) is 4.79 Å². The van der Waals surface area contributed by atoms with Gasteiger partial charge >= 0.3 is 0 Å². The number of aromatic nitrogens is 4. The molecule has 0 unspecified atom stereocenters. The fourth-order valence-corrected chi connectivity index (χ4v) is 2.76. The van der Waals surface area contributed by atoms with Crippen molar-refractivity contribution in [2.24, 2.45) is 0 Å². The van der Waals surface area contributed by atoms with Crippen LogP contribution in [0.3, 0.4) is 0 Å². The summed E-state index contributed by atoms with van der Waals surface area (Å²) in [6, 6.07) is 11.6. The Labute approximate surface area is 159 Å². The van der Waals surface area contributed by atoms with Crippen molar-refractivity contribution in [1.29, 1.82) is 0 Å². The highest BCUT2D eigenvalue weighted by Crippen LogP contribution is 2.20. The van der Waals surface area contributed by atoms with Gasteiger partial charge in [0.25, 0.3) is 0 Å². The highest BCUT2D eigenvalue weighted by atomic mass is 32.2. The number of anilines is 1. The van der Waals surface area contributed by atoms with Crippen LogP contribution < -0.4 is 10.1 Å². The summed E-state index contributed by atoms with van der Waals surface area (Å²) in [5, 5.41) is 14.9. The molecule has 138 valence electrons. The van der Waals surface area contributed by atoms with Crippen molar-refractivity contribution in [3.63, 3.8) is 0 Å². The lowest BCUT2D eigenvalue weighted by Crippen LogP contribution is -2.08. The van der Waals surface area contributed by atoms with Crippen LogP contribution in [0.4, 0.5) is 10.1 Å². The van der Waals surface area contributed by atoms with Gasteiger partial charge in [0.05, 0.1) is 12.8 Å². The first-order valence-corrected chi connectivity index (χ1v) is 9.08. The lowest BCUT2D eigenvalue weighted by Gasteiger charge is -2.06. The molecular formula is C18H16FN5O2S. The van der Waals surface area contributed by atoms with E-state index in [0.717, 1.165) is 5.69 Å². The maximum Gasteiger partial charge on any atom is 0.248 e. The van der Waals surface area contributed by atoms with Gasteiger partial charge in [-0.3, -0.25) is 4.79 Å². The van der Waals surface area contributed by atoms with Crippen LogP contribution in [-0.4, -0.2) is 39.5 Å². The number of thioether (sulfide) groups is 1. The maximum atomic E-state index is 13.7. The number of ether oxygens (including phenoxy) is 1. The van der Waals surface area contributed by atoms with Crippen LogP contribution in [0.2, 0.25) is 0 Å². The van der Waals surface area contributed by atoms with Crippen molar-refractivity contribution in [3.05, 3.63) is 59.9 Å². The van der Waals surface area contributed by atoms with Crippen molar-refractivity contribution in [2.45, 2.75) is 5.16 Å². The molecule has 2 aromatic carbocycles. The van der Waals surface area contributed by atoms with E-state index in [1.807, 2.05) is 12.3 Å². The van der Waals surface area contributed by atoms with E-state index in [4.69, 9.17) is 4.74 Å². The van der Waals surface area contributed by atoms with E-state index < -0.39 is 5.82 Å². The SMILES string of the molecule is COc1ccc(/C=C/C(=O)Nc2cccc(-n3nnnc3SC)c2)cc1F. The molecule has 0 bridgehead atoms. The molecule has 0 atom stereocenters. The molecule has 7 nitrogen and oxygen atoms in total. The molecule has 1 heterocycles. The second kappa shape index (κ2) is 8.45. The Morgan fingerprint density at radius 2 is 2.15 bits per heavy atom. The standard InChI is InChI=1S/C18H16FN5O2S/c1-26-16-8-6-12(10-15(16)19)7-9-17(25)20-13-4-3-5-14(11-13)24-18(27-2)21-22-23-24/h3-11H,1-2H3,(H,20,25)/b9-7+. The van der Waals surface area contributed by atoms with E-state index >= 15 is 0 Å². The van der Waals surface area contributed by atoms with Crippen molar-refractivity contribution < 1.29 is 13.9 Å². The number of methoxy groups -OCH3 is 1. The number of nitrogens with zero attached hydrogens (tertiary/aromatic N) is 4. The number of rotatable bonds is 6. The average Bonchev–Trinajstić information content (AvgIpc) is 3.15. The van der Waals surface area contributed by atoms with Gasteiger partial charge in [0.15, 0.2) is 11.6 Å². The highest BCUT2D eigenvalue weighted by Gasteiger charge is 2.08. The van der Waals surface area contributed by atoms with E-state index in [9.17, 15) is 9.18 Å². The Morgan fingerprint density at radius 1 is 1.30 bits per heavy atom. The number of hydrogen-bond donors (Lipinski definition) is 1. The molecule has 0 aliphatic heterocycles. The Kier molecular flexibility index (Phi) is 5.82. The van der Waals surface area contributed by atoms with Gasteiger partial charge in [-0.1, -0.05) is 23.9 Å². The predicted molar refractivity (Wildman–Crippen MR) is 102 cm³/mol. The molecule has 1 aromatic heterocycles. The minimum absolute atomic E-state index is 0.153. The maximum absolute atomic E-state index is 13.7. The Bertz CT molecular complexity index is 989. The van der Waals surface area contributed by atoms with Crippen LogP contribution in [0, 0.1) is 5.82 Å². The molecule has 27 heavy (non-hydrogen) atoms. The monoisotopic (exact) mass is 385 g/mol. The quantitative estimate of drug-likeness (QED) is 0.518. The summed E-state index contributed by atoms with van der Waals surface area (Å²) in [6.45, 7) is 0. The molecule has 0 fully saturated rings. The zero-order valence-electron chi connectivity index (χ0n) is 14.6. The van der Waals surface area contributed by atoms with E-state index in [2.05, 4.69) is 20.8 Å². The summed E-state index contributed by atoms with van der Waals surface area (Å²) in [4.78, 5) is 12.1. The van der Waals surface area contributed by atoms with Crippen LogP contribution >= 0.6 is 11.8 Å². The van der Waals surface area contributed by atoms with Crippen LogP contribution in [0.1, 0.15) is 5.56 Å². The fraction of sp³-hybridized carbons (Fsp3) is 0.111. The molecule has 1 N–H and O–H groups in total. The minimum Gasteiger partial charge on any atom is -0.494 e. The first-order chi connectivity index (χ1) is 13.1. The largest absolute Gasteiger partial charge is 0.494 e. The van der Waals surface area contributed by atoms with Gasteiger partial charge in [-0.25, -0.2) is 4.39 Å². The topological polar surface area (TPSA) is 81.9 Å². The summed E-state index contributed by atoms with van der Waals surface area (Å²) >= 11 is 1.41. The normalized spacial score (nSPS) is 10.9. The number of carbonyl (C=O) groups is 1. The molecule has 0 saturated heterocycles. The number of nitrogens with one attached hydrogen (secondary N) is 1. The third kappa shape index (κ3) is 4.50. The van der Waals surface area contributed by atoms with E-state index in [0.29, 0.717) is 16.4 Å². The fourth-order valence-electron chi connectivity index (χ4n) is 2.33. The number of benzene rings is 2. The highest BCUT2D eigenvalue weighted by molar-refractivity contribution is 7.98. The first kappa shape index (κ1) is 18.6. The zero-order valence-corrected chi connectivity index (χ0v) is 15.4. The van der Waals surface area contributed by atoms with Gasteiger partial charge in [-0.2, -0.15) is 4.68 Å². The van der Waals surface area contributed by atoms with Gasteiger partial charge in [-0.05, 0) is 58.7 Å². The predicted octanol–water partition coefficient (Wildman–Crippen LogP) is 3.18. The van der Waals surface area contributed by atoms with Crippen molar-refractivity contribution in [2.75, 3.05) is 18.7 Å². The van der Waals surface area contributed by atoms with Gasteiger partial charge in [0.2, 0.25) is 11.1 Å². The second-order valence-corrected chi connectivity index (χ2v) is 6.12. The van der Waals surface area contributed by atoms with Gasteiger partial charge in [0.1, 0.15) is 0 Å². The molecular weight excluding hydrogens is 369 g/mol. The van der Waals surface area contributed by atoms with Gasteiger partial charge in [-0.15, -0.1) is 5.10 Å². The molecule has 1 amide bonds. The summed E-state index contributed by atoms with van der Waals surface area (Å²) in [6.07, 6.45) is 4.73. The number of amides is 1. The Hall–Kier alpha value is -3.20. The smallest absolute Gasteiger partial charge is 0.248 e. The summed E-state index contributed by atoms with van der Waals surface area (Å²) in [5.74, 6) is -0.676. The molecule has 0 aliphatic carbocycles. The third-order valence-corrected chi connectivity index (χ3v) is 4.20. The van der Waals surface area contributed by atoms with Crippen molar-refractivity contribution in [1.82, 2.24) is 20.2 Å². The summed E-state index contributed by atoms with van der Waals surface area (Å²) in [7, 11) is 1.40. The van der Waals surface area contributed by atoms with Crippen LogP contribution in [0.25, 0.3) is 11.8 Å². The van der Waals surface area contributed by atoms with E-state index in [-0.39, 0.29) is 11.7 Å². The number of carbonyl (C=O) groups excluding carboxylic acids is 1. The Morgan fingerprint density at radius 3 is 2.89 bits per heavy atom. The van der Waals surface area contributed by atoms with Crippen molar-refractivity contribution >= 4 is 29.4 Å². The Balaban J connectivity index is 1.71. The third-order valence-electron chi connectivity index (χ3n) is 3.58. The van der Waals surface area contributed by atoms with Crippen LogP contribution in [0.5, 0.6) is 5.75 Å². The first-order valence-electron chi connectivity index (χ1n) is 7.86. The molecule has 0 radical (unpaired) electrons. The lowest BCUT2D eigenvalue weighted by molar-refractivity contribution is -0.111. The molecule has 0 aliphatic rings. The van der Waals surface area contributed by atoms with E-state index in [1.165, 1.54) is 43.2 Å². The molecule has 0 spiro atoms. The number of hydrogen-bond acceptors (Lipinski definition) is 6. The minimum atomic E-state index is -0.487. The zero-order chi connectivity index (χ0) is 19.2. The van der Waals surface area contributed by atoms with Crippen LogP contribution in [0.15, 0.2) is 53.7 Å². The second-order valence-electron chi connectivity index (χ2n) is 5.34. The van der Waals surface area contributed by atoms with Crippen molar-refractivity contribution in [3.8, 4) is 11.4 Å². The summed E-state index contributed by atoms with van der Waals surface area (Å²) in [5.41, 5.74) is 1.87. The van der Waals surface area contributed by atoms with Gasteiger partial charge < -0.3 is 10.1 Å². The summed E-state index contributed by atoms with van der Waals surface area (Å²) < 4.78 is 20.1. The van der Waals surface area contributed by atoms with Gasteiger partial charge in [0, 0.05) is 11.8 Å². The van der Waals surface area contributed by atoms with E-state index in [1.54, 1.807) is 28.9 Å². The molecule has 9 heteroatoms. The lowest BCUT2D eigenvalue weighted by atomic mass is 10.2. The average molecular weight is 385 g/mol. The number of tetrazole rings is 1.